The van der Waals surface area contributed by atoms with Crippen molar-refractivity contribution in [3.05, 3.63) is 62.7 Å². The van der Waals surface area contributed by atoms with Crippen LogP contribution in [0.25, 0.3) is 0 Å². The van der Waals surface area contributed by atoms with Crippen molar-refractivity contribution in [1.82, 2.24) is 5.32 Å². The second-order valence-corrected chi connectivity index (χ2v) is 7.78. The van der Waals surface area contributed by atoms with Crippen LogP contribution in [0.3, 0.4) is 0 Å². The Hall–Kier alpha value is -1.56. The Balaban J connectivity index is 1.88. The molecule has 0 fully saturated rings. The molecule has 23 heavy (non-hydrogen) atoms. The first-order valence-electron chi connectivity index (χ1n) is 7.71. The fraction of sp³-hybridized carbons (Fsp3) is 0.316. The van der Waals surface area contributed by atoms with Crippen molar-refractivity contribution < 1.29 is 9.53 Å². The molecule has 120 valence electrons. The molecule has 0 spiro atoms. The minimum Gasteiger partial charge on any atom is -0.487 e. The van der Waals surface area contributed by atoms with E-state index < -0.39 is 0 Å². The Morgan fingerprint density at radius 3 is 2.74 bits per heavy atom. The normalized spacial score (nSPS) is 18.7. The van der Waals surface area contributed by atoms with Crippen molar-refractivity contribution in [2.45, 2.75) is 38.8 Å². The zero-order valence-electron chi connectivity index (χ0n) is 13.5. The third-order valence-electron chi connectivity index (χ3n) is 4.05. The molecule has 1 amide bonds. The quantitative estimate of drug-likeness (QED) is 0.719. The first-order valence-corrected chi connectivity index (χ1v) is 8.78. The van der Waals surface area contributed by atoms with Gasteiger partial charge in [0.1, 0.15) is 11.4 Å². The molecule has 1 aliphatic heterocycles. The van der Waals surface area contributed by atoms with E-state index in [0.29, 0.717) is 0 Å². The standard InChI is InChI=1S/C19H20INO2/c1-12-8-9-13(15(20)10-12)18(22)21-16-11-19(2,3)23-17-7-5-4-6-14(16)17/h4-10,16H,11H2,1-3H3,(H,21,22)/t16-/m1/s1. The van der Waals surface area contributed by atoms with Gasteiger partial charge in [-0.15, -0.1) is 0 Å². The maximum absolute atomic E-state index is 12.7. The van der Waals surface area contributed by atoms with E-state index in [9.17, 15) is 4.79 Å². The minimum absolute atomic E-state index is 0.0353. The summed E-state index contributed by atoms with van der Waals surface area (Å²) in [5, 5.41) is 3.18. The summed E-state index contributed by atoms with van der Waals surface area (Å²) < 4.78 is 7.00. The average molecular weight is 421 g/mol. The van der Waals surface area contributed by atoms with Crippen molar-refractivity contribution in [2.75, 3.05) is 0 Å². The number of benzene rings is 2. The van der Waals surface area contributed by atoms with Crippen LogP contribution in [-0.2, 0) is 0 Å². The lowest BCUT2D eigenvalue weighted by atomic mass is 9.89. The first kappa shape index (κ1) is 16.3. The number of para-hydroxylation sites is 1. The number of nitrogens with one attached hydrogen (secondary N) is 1. The molecule has 0 aliphatic carbocycles. The van der Waals surface area contributed by atoms with Crippen LogP contribution in [0.1, 0.15) is 47.8 Å². The Bertz CT molecular complexity index is 755. The van der Waals surface area contributed by atoms with Gasteiger partial charge in [0.15, 0.2) is 0 Å². The molecule has 4 heteroatoms. The van der Waals surface area contributed by atoms with E-state index >= 15 is 0 Å². The van der Waals surface area contributed by atoms with Crippen LogP contribution < -0.4 is 10.1 Å². The molecule has 3 rings (SSSR count). The number of hydrogen-bond acceptors (Lipinski definition) is 2. The van der Waals surface area contributed by atoms with Gasteiger partial charge in [0, 0.05) is 15.6 Å². The SMILES string of the molecule is Cc1ccc(C(=O)N[C@@H]2CC(C)(C)Oc3ccccc32)c(I)c1. The Morgan fingerprint density at radius 1 is 1.26 bits per heavy atom. The molecule has 1 heterocycles. The number of amides is 1. The van der Waals surface area contributed by atoms with Crippen molar-refractivity contribution in [1.29, 1.82) is 0 Å². The van der Waals surface area contributed by atoms with Gasteiger partial charge in [-0.2, -0.15) is 0 Å². The van der Waals surface area contributed by atoms with Crippen LogP contribution in [0.5, 0.6) is 5.75 Å². The molecule has 2 aromatic rings. The van der Waals surface area contributed by atoms with Crippen molar-refractivity contribution in [3.63, 3.8) is 0 Å². The molecule has 2 aromatic carbocycles. The zero-order valence-corrected chi connectivity index (χ0v) is 15.7. The third-order valence-corrected chi connectivity index (χ3v) is 4.94. The summed E-state index contributed by atoms with van der Waals surface area (Å²) in [5.74, 6) is 0.819. The van der Waals surface area contributed by atoms with Crippen molar-refractivity contribution >= 4 is 28.5 Å². The number of carbonyl (C=O) groups excluding carboxylic acids is 1. The number of ether oxygens (including phenoxy) is 1. The number of aryl methyl sites for hydroxylation is 1. The highest BCUT2D eigenvalue weighted by Crippen LogP contribution is 2.39. The second-order valence-electron chi connectivity index (χ2n) is 6.61. The monoisotopic (exact) mass is 421 g/mol. The van der Waals surface area contributed by atoms with Gasteiger partial charge < -0.3 is 10.1 Å². The van der Waals surface area contributed by atoms with Gasteiger partial charge in [0.05, 0.1) is 11.6 Å². The lowest BCUT2D eigenvalue weighted by Gasteiger charge is -2.37. The number of rotatable bonds is 2. The molecule has 3 nitrogen and oxygen atoms in total. The molecule has 0 aromatic heterocycles. The molecular formula is C19H20INO2. The number of fused-ring (bicyclic) bond motifs is 1. The molecule has 1 atom stereocenters. The second kappa shape index (κ2) is 6.15. The lowest BCUT2D eigenvalue weighted by molar-refractivity contribution is 0.0619. The molecule has 0 bridgehead atoms. The summed E-state index contributed by atoms with van der Waals surface area (Å²) in [5.41, 5.74) is 2.62. The van der Waals surface area contributed by atoms with Crippen molar-refractivity contribution in [3.8, 4) is 5.75 Å². The molecule has 1 N–H and O–H groups in total. The highest BCUT2D eigenvalue weighted by molar-refractivity contribution is 14.1. The van der Waals surface area contributed by atoms with Gasteiger partial charge >= 0.3 is 0 Å². The Kier molecular flexibility index (Phi) is 4.36. The highest BCUT2D eigenvalue weighted by Gasteiger charge is 2.34. The van der Waals surface area contributed by atoms with Gasteiger partial charge in [-0.05, 0) is 61.6 Å². The zero-order chi connectivity index (χ0) is 16.6. The summed E-state index contributed by atoms with van der Waals surface area (Å²) in [6, 6.07) is 13.8. The fourth-order valence-electron chi connectivity index (χ4n) is 2.97. The molecule has 0 unspecified atom stereocenters. The summed E-state index contributed by atoms with van der Waals surface area (Å²) >= 11 is 2.22. The van der Waals surface area contributed by atoms with E-state index in [-0.39, 0.29) is 17.6 Å². The molecule has 0 saturated heterocycles. The van der Waals surface area contributed by atoms with E-state index in [4.69, 9.17) is 4.74 Å². The predicted molar refractivity (Wildman–Crippen MR) is 99.9 cm³/mol. The molecule has 0 saturated carbocycles. The minimum atomic E-state index is -0.299. The average Bonchev–Trinajstić information content (AvgIpc) is 2.45. The van der Waals surface area contributed by atoms with Gasteiger partial charge in [0.2, 0.25) is 0 Å². The third kappa shape index (κ3) is 3.52. The summed E-state index contributed by atoms with van der Waals surface area (Å²) in [7, 11) is 0. The largest absolute Gasteiger partial charge is 0.487 e. The topological polar surface area (TPSA) is 38.3 Å². The number of halogens is 1. The van der Waals surface area contributed by atoms with Gasteiger partial charge in [-0.25, -0.2) is 0 Å². The van der Waals surface area contributed by atoms with Gasteiger partial charge in [-0.3, -0.25) is 4.79 Å². The van der Waals surface area contributed by atoms with Crippen LogP contribution in [0.2, 0.25) is 0 Å². The van der Waals surface area contributed by atoms with Gasteiger partial charge in [-0.1, -0.05) is 29.8 Å². The summed E-state index contributed by atoms with van der Waals surface area (Å²) in [6.07, 6.45) is 0.748. The Labute approximate surface area is 150 Å². The van der Waals surface area contributed by atoms with Gasteiger partial charge in [0.25, 0.3) is 5.91 Å². The van der Waals surface area contributed by atoms with E-state index in [0.717, 1.165) is 32.4 Å². The van der Waals surface area contributed by atoms with E-state index in [1.54, 1.807) is 0 Å². The van der Waals surface area contributed by atoms with Crippen LogP contribution in [0.15, 0.2) is 42.5 Å². The first-order chi connectivity index (χ1) is 10.9. The summed E-state index contributed by atoms with van der Waals surface area (Å²) in [4.78, 5) is 12.7. The van der Waals surface area contributed by atoms with E-state index in [1.165, 1.54) is 0 Å². The number of carbonyl (C=O) groups is 1. The van der Waals surface area contributed by atoms with Crippen LogP contribution in [0, 0.1) is 10.5 Å². The fourth-order valence-corrected chi connectivity index (χ4v) is 3.89. The molecule has 0 radical (unpaired) electrons. The van der Waals surface area contributed by atoms with E-state index in [2.05, 4.69) is 41.8 Å². The maximum Gasteiger partial charge on any atom is 0.252 e. The predicted octanol–water partition coefficient (Wildman–Crippen LogP) is 4.63. The highest BCUT2D eigenvalue weighted by atomic mass is 127. The van der Waals surface area contributed by atoms with E-state index in [1.807, 2.05) is 49.4 Å². The van der Waals surface area contributed by atoms with Crippen LogP contribution in [0.4, 0.5) is 0 Å². The molecular weight excluding hydrogens is 401 g/mol. The smallest absolute Gasteiger partial charge is 0.252 e. The van der Waals surface area contributed by atoms with Crippen LogP contribution >= 0.6 is 22.6 Å². The summed E-state index contributed by atoms with van der Waals surface area (Å²) in [6.45, 7) is 6.14. The van der Waals surface area contributed by atoms with Crippen molar-refractivity contribution in [2.24, 2.45) is 0 Å². The maximum atomic E-state index is 12.7. The number of hydrogen-bond donors (Lipinski definition) is 1. The lowest BCUT2D eigenvalue weighted by Crippen LogP contribution is -2.41. The Morgan fingerprint density at radius 2 is 2.00 bits per heavy atom. The molecule has 1 aliphatic rings. The van der Waals surface area contributed by atoms with Crippen LogP contribution in [-0.4, -0.2) is 11.5 Å².